The first kappa shape index (κ1) is 21.5. The number of aryl methyl sites for hydroxylation is 2. The zero-order valence-corrected chi connectivity index (χ0v) is 18.3. The molecule has 0 amide bonds. The van der Waals surface area contributed by atoms with Crippen molar-refractivity contribution in [3.05, 3.63) is 33.2 Å². The second-order valence-electron chi connectivity index (χ2n) is 8.62. The molecular weight excluding hydrogens is 376 g/mol. The largest absolute Gasteiger partial charge is 0.376 e. The van der Waals surface area contributed by atoms with Gasteiger partial charge in [-0.3, -0.25) is 4.79 Å². The highest BCUT2D eigenvalue weighted by Gasteiger charge is 2.34. The molecule has 0 radical (unpaired) electrons. The van der Waals surface area contributed by atoms with E-state index < -0.39 is 10.0 Å². The molecule has 1 N–H and O–H groups in total. The Hall–Kier alpha value is -1.18. The molecule has 2 heterocycles. The van der Waals surface area contributed by atoms with Gasteiger partial charge in [-0.2, -0.15) is 0 Å². The average Bonchev–Trinajstić information content (AvgIpc) is 2.64. The summed E-state index contributed by atoms with van der Waals surface area (Å²) in [7, 11) is -3.37. The number of fused-ring (bicyclic) bond motifs is 1. The minimum absolute atomic E-state index is 0.0381. The fourth-order valence-electron chi connectivity index (χ4n) is 4.85. The summed E-state index contributed by atoms with van der Waals surface area (Å²) in [6, 6.07) is 1.30. The maximum atomic E-state index is 13.0. The van der Waals surface area contributed by atoms with E-state index in [0.717, 1.165) is 30.0 Å². The molecule has 158 valence electrons. The zero-order valence-electron chi connectivity index (χ0n) is 17.5. The lowest BCUT2D eigenvalue weighted by atomic mass is 9.86. The third-order valence-electron chi connectivity index (χ3n) is 6.46. The highest BCUT2D eigenvalue weighted by molar-refractivity contribution is 7.88. The van der Waals surface area contributed by atoms with Crippen LogP contribution in [0.2, 0.25) is 0 Å². The minimum Gasteiger partial charge on any atom is -0.376 e. The number of aromatic nitrogens is 1. The number of hydrogen-bond acceptors (Lipinski definition) is 4. The zero-order chi connectivity index (χ0) is 20.5. The molecule has 0 bridgehead atoms. The van der Waals surface area contributed by atoms with E-state index in [2.05, 4.69) is 11.6 Å². The summed E-state index contributed by atoms with van der Waals surface area (Å²) in [6.45, 7) is 6.44. The van der Waals surface area contributed by atoms with Crippen LogP contribution in [-0.2, 0) is 21.2 Å². The van der Waals surface area contributed by atoms with Gasteiger partial charge in [0.15, 0.2) is 0 Å². The highest BCUT2D eigenvalue weighted by Crippen LogP contribution is 2.31. The summed E-state index contributed by atoms with van der Waals surface area (Å²) in [5.41, 5.74) is 2.74. The van der Waals surface area contributed by atoms with Crippen LogP contribution in [0, 0.1) is 19.8 Å². The molecule has 1 aliphatic carbocycles. The Kier molecular flexibility index (Phi) is 6.67. The van der Waals surface area contributed by atoms with Gasteiger partial charge in [-0.25, -0.2) is 13.1 Å². The normalized spacial score (nSPS) is 28.1. The van der Waals surface area contributed by atoms with Crippen LogP contribution >= 0.6 is 0 Å². The van der Waals surface area contributed by atoms with Crippen LogP contribution in [-0.4, -0.2) is 38.0 Å². The standard InChI is InChI=1S/C21H34N2O4S/c1-5-16-6-8-17(9-7-16)27-13-20-18(22-28(4,25)26)10-11-19-14(2)12-15(3)21(24)23(19)20/h12,16-18,20,22H,5-11,13H2,1-4H3. The summed E-state index contributed by atoms with van der Waals surface area (Å²) in [4.78, 5) is 13.0. The Morgan fingerprint density at radius 1 is 1.14 bits per heavy atom. The molecule has 1 aromatic rings. The van der Waals surface area contributed by atoms with Gasteiger partial charge in [0, 0.05) is 17.3 Å². The maximum Gasteiger partial charge on any atom is 0.254 e. The van der Waals surface area contributed by atoms with Crippen molar-refractivity contribution in [1.29, 1.82) is 0 Å². The number of nitrogens with one attached hydrogen (secondary N) is 1. The van der Waals surface area contributed by atoms with Gasteiger partial charge in [0.05, 0.1) is 25.0 Å². The summed E-state index contributed by atoms with van der Waals surface area (Å²) in [6.07, 6.45) is 8.42. The second-order valence-corrected chi connectivity index (χ2v) is 10.4. The molecule has 1 aliphatic heterocycles. The van der Waals surface area contributed by atoms with Gasteiger partial charge >= 0.3 is 0 Å². The first-order chi connectivity index (χ1) is 13.2. The van der Waals surface area contributed by atoms with Gasteiger partial charge in [0.2, 0.25) is 10.0 Å². The Labute approximate surface area is 168 Å². The molecule has 2 unspecified atom stereocenters. The van der Waals surface area contributed by atoms with Crippen molar-refractivity contribution in [3.8, 4) is 0 Å². The van der Waals surface area contributed by atoms with Gasteiger partial charge in [0.25, 0.3) is 5.56 Å². The molecule has 6 nitrogen and oxygen atoms in total. The van der Waals surface area contributed by atoms with Crippen LogP contribution in [0.1, 0.15) is 68.3 Å². The van der Waals surface area contributed by atoms with Crippen LogP contribution in [0.3, 0.4) is 0 Å². The third-order valence-corrected chi connectivity index (χ3v) is 7.19. The second kappa shape index (κ2) is 8.67. The molecule has 3 rings (SSSR count). The van der Waals surface area contributed by atoms with Crippen LogP contribution in [0.4, 0.5) is 0 Å². The smallest absolute Gasteiger partial charge is 0.254 e. The van der Waals surface area contributed by atoms with Crippen molar-refractivity contribution in [1.82, 2.24) is 9.29 Å². The average molecular weight is 411 g/mol. The van der Waals surface area contributed by atoms with E-state index in [-0.39, 0.29) is 23.7 Å². The van der Waals surface area contributed by atoms with Crippen LogP contribution in [0.15, 0.2) is 10.9 Å². The van der Waals surface area contributed by atoms with E-state index in [1.165, 1.54) is 25.5 Å². The summed E-state index contributed by atoms with van der Waals surface area (Å²) < 4.78 is 34.6. The van der Waals surface area contributed by atoms with E-state index in [1.807, 2.05) is 19.9 Å². The van der Waals surface area contributed by atoms with Crippen LogP contribution in [0.25, 0.3) is 0 Å². The van der Waals surface area contributed by atoms with Crippen molar-refractivity contribution >= 4 is 10.0 Å². The molecule has 0 aromatic carbocycles. The van der Waals surface area contributed by atoms with Crippen molar-refractivity contribution in [2.75, 3.05) is 12.9 Å². The van der Waals surface area contributed by atoms with Crippen molar-refractivity contribution < 1.29 is 13.2 Å². The summed E-state index contributed by atoms with van der Waals surface area (Å²) in [5.74, 6) is 0.794. The Morgan fingerprint density at radius 2 is 1.82 bits per heavy atom. The molecule has 7 heteroatoms. The highest BCUT2D eigenvalue weighted by atomic mass is 32.2. The van der Waals surface area contributed by atoms with Crippen LogP contribution in [0.5, 0.6) is 0 Å². The van der Waals surface area contributed by atoms with Crippen LogP contribution < -0.4 is 10.3 Å². The van der Waals surface area contributed by atoms with E-state index in [0.29, 0.717) is 25.0 Å². The molecule has 28 heavy (non-hydrogen) atoms. The lowest BCUT2D eigenvalue weighted by Crippen LogP contribution is -2.50. The predicted molar refractivity (Wildman–Crippen MR) is 111 cm³/mol. The molecule has 0 spiro atoms. The van der Waals surface area contributed by atoms with Gasteiger partial charge in [-0.15, -0.1) is 0 Å². The maximum absolute atomic E-state index is 13.0. The number of pyridine rings is 1. The Morgan fingerprint density at radius 3 is 2.43 bits per heavy atom. The Bertz CT molecular complexity index is 854. The van der Waals surface area contributed by atoms with E-state index >= 15 is 0 Å². The first-order valence-corrected chi connectivity index (χ1v) is 12.4. The van der Waals surface area contributed by atoms with Gasteiger partial charge in [-0.05, 0) is 69.9 Å². The van der Waals surface area contributed by atoms with Gasteiger partial charge in [0.1, 0.15) is 0 Å². The van der Waals surface area contributed by atoms with E-state index in [1.54, 1.807) is 4.57 Å². The molecular formula is C21H34N2O4S. The topological polar surface area (TPSA) is 77.4 Å². The first-order valence-electron chi connectivity index (χ1n) is 10.5. The van der Waals surface area contributed by atoms with Crippen molar-refractivity contribution in [2.24, 2.45) is 5.92 Å². The molecule has 0 saturated heterocycles. The number of rotatable bonds is 6. The molecule has 1 saturated carbocycles. The van der Waals surface area contributed by atoms with Crippen molar-refractivity contribution in [3.63, 3.8) is 0 Å². The summed E-state index contributed by atoms with van der Waals surface area (Å²) in [5, 5.41) is 0. The molecule has 2 atom stereocenters. The fraction of sp³-hybridized carbons (Fsp3) is 0.762. The third kappa shape index (κ3) is 4.86. The van der Waals surface area contributed by atoms with E-state index in [9.17, 15) is 13.2 Å². The Balaban J connectivity index is 1.85. The lowest BCUT2D eigenvalue weighted by Gasteiger charge is -2.37. The van der Waals surface area contributed by atoms with E-state index in [4.69, 9.17) is 4.74 Å². The SMILES string of the molecule is CCC1CCC(OCC2C(NS(C)(=O)=O)CCc3c(C)cc(C)c(=O)n32)CC1. The van der Waals surface area contributed by atoms with Crippen molar-refractivity contribution in [2.45, 2.75) is 83.9 Å². The predicted octanol–water partition coefficient (Wildman–Crippen LogP) is 2.86. The van der Waals surface area contributed by atoms with Gasteiger partial charge < -0.3 is 9.30 Å². The number of ether oxygens (including phenoxy) is 1. The lowest BCUT2D eigenvalue weighted by molar-refractivity contribution is -0.00698. The number of sulfonamides is 1. The van der Waals surface area contributed by atoms with Gasteiger partial charge in [-0.1, -0.05) is 13.3 Å². The molecule has 2 aliphatic rings. The monoisotopic (exact) mass is 410 g/mol. The quantitative estimate of drug-likeness (QED) is 0.782. The molecule has 1 aromatic heterocycles. The summed E-state index contributed by atoms with van der Waals surface area (Å²) >= 11 is 0. The fourth-order valence-corrected chi connectivity index (χ4v) is 5.67. The number of hydrogen-bond donors (Lipinski definition) is 1. The molecule has 1 fully saturated rings. The minimum atomic E-state index is -3.37. The number of nitrogens with zero attached hydrogens (tertiary/aromatic N) is 1.